The van der Waals surface area contributed by atoms with Crippen LogP contribution in [0.1, 0.15) is 51.0 Å². The maximum absolute atomic E-state index is 12.8. The molecule has 2 heterocycles. The van der Waals surface area contributed by atoms with Crippen molar-refractivity contribution in [1.29, 1.82) is 0 Å². The highest BCUT2D eigenvalue weighted by Crippen LogP contribution is 2.40. The molecule has 3 amide bonds. The lowest BCUT2D eigenvalue weighted by atomic mass is 9.73. The summed E-state index contributed by atoms with van der Waals surface area (Å²) >= 11 is 0. The van der Waals surface area contributed by atoms with Crippen LogP contribution in [0, 0.1) is 11.3 Å². The minimum absolute atomic E-state index is 0.0102. The van der Waals surface area contributed by atoms with Gasteiger partial charge in [0.05, 0.1) is 0 Å². The Kier molecular flexibility index (Phi) is 5.11. The van der Waals surface area contributed by atoms with Gasteiger partial charge in [-0.3, -0.25) is 4.79 Å². The molecule has 1 atom stereocenters. The summed E-state index contributed by atoms with van der Waals surface area (Å²) in [4.78, 5) is 29.2. The second-order valence-corrected chi connectivity index (χ2v) is 8.72. The number of anilines is 1. The smallest absolute Gasteiger partial charge is 0.321 e. The molecule has 0 bridgehead atoms. The largest absolute Gasteiger partial charge is 0.342 e. The van der Waals surface area contributed by atoms with Gasteiger partial charge in [0.15, 0.2) is 0 Å². The Morgan fingerprint density at radius 3 is 2.67 bits per heavy atom. The summed E-state index contributed by atoms with van der Waals surface area (Å²) in [5.74, 6) is 1.03. The van der Waals surface area contributed by atoms with Crippen LogP contribution >= 0.6 is 0 Å². The van der Waals surface area contributed by atoms with Gasteiger partial charge < -0.3 is 15.1 Å². The maximum Gasteiger partial charge on any atom is 0.321 e. The van der Waals surface area contributed by atoms with Crippen molar-refractivity contribution in [1.82, 2.24) is 9.80 Å². The Balaban J connectivity index is 1.39. The van der Waals surface area contributed by atoms with Gasteiger partial charge in [-0.1, -0.05) is 19.1 Å². The van der Waals surface area contributed by atoms with Crippen molar-refractivity contribution in [2.45, 2.75) is 51.9 Å². The van der Waals surface area contributed by atoms with Crippen LogP contribution in [0.15, 0.2) is 24.3 Å². The average molecular weight is 370 g/mol. The first-order chi connectivity index (χ1) is 13.1. The Hall–Kier alpha value is -2.04. The maximum atomic E-state index is 12.8. The van der Waals surface area contributed by atoms with E-state index in [4.69, 9.17) is 0 Å². The summed E-state index contributed by atoms with van der Waals surface area (Å²) in [6.45, 7) is 5.45. The number of nitrogens with zero attached hydrogens (tertiary/aromatic N) is 2. The molecule has 1 saturated carbocycles. The van der Waals surface area contributed by atoms with E-state index in [1.54, 1.807) is 0 Å². The molecule has 1 N–H and O–H groups in total. The molecule has 1 aromatic carbocycles. The van der Waals surface area contributed by atoms with Crippen molar-refractivity contribution in [2.75, 3.05) is 31.5 Å². The number of piperidine rings is 2. The molecule has 0 aromatic heterocycles. The van der Waals surface area contributed by atoms with Crippen molar-refractivity contribution in [2.24, 2.45) is 11.3 Å². The fraction of sp³-hybridized carbons (Fsp3) is 0.636. The summed E-state index contributed by atoms with van der Waals surface area (Å²) in [5.41, 5.74) is 2.21. The zero-order valence-electron chi connectivity index (χ0n) is 16.4. The molecule has 2 saturated heterocycles. The highest BCUT2D eigenvalue weighted by atomic mass is 16.2. The van der Waals surface area contributed by atoms with Gasteiger partial charge in [0.1, 0.15) is 0 Å². The van der Waals surface area contributed by atoms with E-state index in [2.05, 4.69) is 29.3 Å². The lowest BCUT2D eigenvalue weighted by Gasteiger charge is -2.48. The molecule has 1 aliphatic carbocycles. The monoisotopic (exact) mass is 369 g/mol. The molecule has 1 aromatic rings. The van der Waals surface area contributed by atoms with E-state index in [0.717, 1.165) is 63.5 Å². The Morgan fingerprint density at radius 2 is 1.96 bits per heavy atom. The predicted octanol–water partition coefficient (Wildman–Crippen LogP) is 3.90. The Labute approximate surface area is 162 Å². The minimum atomic E-state index is -0.0102. The first kappa shape index (κ1) is 18.3. The molecule has 1 unspecified atom stereocenters. The molecule has 5 nitrogen and oxygen atoms in total. The number of likely N-dealkylation sites (tertiary alicyclic amines) is 2. The Bertz CT molecular complexity index is 698. The molecule has 146 valence electrons. The van der Waals surface area contributed by atoms with Gasteiger partial charge in [-0.05, 0) is 62.1 Å². The van der Waals surface area contributed by atoms with E-state index in [9.17, 15) is 9.59 Å². The second-order valence-electron chi connectivity index (χ2n) is 8.72. The predicted molar refractivity (Wildman–Crippen MR) is 107 cm³/mol. The molecule has 0 radical (unpaired) electrons. The normalized spacial score (nSPS) is 25.7. The van der Waals surface area contributed by atoms with E-state index >= 15 is 0 Å². The molecule has 4 rings (SSSR count). The third-order valence-electron chi connectivity index (χ3n) is 6.49. The van der Waals surface area contributed by atoms with Crippen molar-refractivity contribution >= 4 is 17.6 Å². The number of aryl methyl sites for hydroxylation is 1. The summed E-state index contributed by atoms with van der Waals surface area (Å²) < 4.78 is 0. The van der Waals surface area contributed by atoms with Crippen LogP contribution in [-0.4, -0.2) is 47.9 Å². The summed E-state index contributed by atoms with van der Waals surface area (Å²) in [6, 6.07) is 8.08. The second kappa shape index (κ2) is 7.53. The third kappa shape index (κ3) is 4.28. The number of urea groups is 1. The number of rotatable bonds is 4. The van der Waals surface area contributed by atoms with Gasteiger partial charge in [0.25, 0.3) is 0 Å². The topological polar surface area (TPSA) is 52.7 Å². The molecule has 27 heavy (non-hydrogen) atoms. The molecular formula is C22H31N3O2. The highest BCUT2D eigenvalue weighted by Gasteiger charge is 2.43. The van der Waals surface area contributed by atoms with Gasteiger partial charge in [0.2, 0.25) is 5.91 Å². The van der Waals surface area contributed by atoms with Crippen molar-refractivity contribution in [3.05, 3.63) is 29.8 Å². The summed E-state index contributed by atoms with van der Waals surface area (Å²) in [7, 11) is 0. The quantitative estimate of drug-likeness (QED) is 0.875. The SMILES string of the molecule is CCc1ccc(NC(=O)N2CCCC3(CCC(=O)N(CC4CC4)C3)C2)cc1. The number of hydrogen-bond acceptors (Lipinski definition) is 2. The van der Waals surface area contributed by atoms with Gasteiger partial charge in [-0.2, -0.15) is 0 Å². The van der Waals surface area contributed by atoms with Crippen molar-refractivity contribution in [3.8, 4) is 0 Å². The van der Waals surface area contributed by atoms with E-state index < -0.39 is 0 Å². The fourth-order valence-corrected chi connectivity index (χ4v) is 4.62. The molecule has 2 aliphatic heterocycles. The van der Waals surface area contributed by atoms with E-state index in [1.807, 2.05) is 17.0 Å². The first-order valence-corrected chi connectivity index (χ1v) is 10.5. The average Bonchev–Trinajstić information content (AvgIpc) is 3.50. The van der Waals surface area contributed by atoms with Crippen LogP contribution in [0.3, 0.4) is 0 Å². The van der Waals surface area contributed by atoms with Crippen LogP contribution < -0.4 is 5.32 Å². The van der Waals surface area contributed by atoms with Crippen LogP contribution in [0.2, 0.25) is 0 Å². The van der Waals surface area contributed by atoms with Gasteiger partial charge in [0, 0.05) is 43.7 Å². The molecule has 1 spiro atoms. The van der Waals surface area contributed by atoms with Crippen LogP contribution in [0.4, 0.5) is 10.5 Å². The number of amides is 3. The van der Waals surface area contributed by atoms with Gasteiger partial charge >= 0.3 is 6.03 Å². The third-order valence-corrected chi connectivity index (χ3v) is 6.49. The standard InChI is InChI=1S/C22H31N3O2/c1-2-17-6-8-19(9-7-17)23-21(27)24-13-3-11-22(15-24)12-10-20(26)25(16-22)14-18-4-5-18/h6-9,18H,2-5,10-16H2,1H3,(H,23,27). The lowest BCUT2D eigenvalue weighted by molar-refractivity contribution is -0.139. The minimum Gasteiger partial charge on any atom is -0.342 e. The van der Waals surface area contributed by atoms with Gasteiger partial charge in [-0.15, -0.1) is 0 Å². The number of carbonyl (C=O) groups excluding carboxylic acids is 2. The lowest BCUT2D eigenvalue weighted by Crippen LogP contribution is -2.56. The van der Waals surface area contributed by atoms with Gasteiger partial charge in [-0.25, -0.2) is 4.79 Å². The molecule has 5 heteroatoms. The van der Waals surface area contributed by atoms with Crippen LogP contribution in [0.5, 0.6) is 0 Å². The fourth-order valence-electron chi connectivity index (χ4n) is 4.62. The number of carbonyl (C=O) groups is 2. The van der Waals surface area contributed by atoms with Crippen LogP contribution in [-0.2, 0) is 11.2 Å². The van der Waals surface area contributed by atoms with E-state index in [1.165, 1.54) is 18.4 Å². The number of hydrogen-bond donors (Lipinski definition) is 1. The first-order valence-electron chi connectivity index (χ1n) is 10.5. The zero-order chi connectivity index (χ0) is 18.9. The molecular weight excluding hydrogens is 338 g/mol. The number of nitrogens with one attached hydrogen (secondary N) is 1. The highest BCUT2D eigenvalue weighted by molar-refractivity contribution is 5.89. The molecule has 3 fully saturated rings. The summed E-state index contributed by atoms with van der Waals surface area (Å²) in [5, 5.41) is 3.05. The van der Waals surface area contributed by atoms with Crippen LogP contribution in [0.25, 0.3) is 0 Å². The molecule has 3 aliphatic rings. The van der Waals surface area contributed by atoms with E-state index in [-0.39, 0.29) is 11.4 Å². The van der Waals surface area contributed by atoms with Crippen molar-refractivity contribution < 1.29 is 9.59 Å². The Morgan fingerprint density at radius 1 is 1.19 bits per heavy atom. The summed E-state index contributed by atoms with van der Waals surface area (Å²) in [6.07, 6.45) is 7.23. The number of benzene rings is 1. The zero-order valence-corrected chi connectivity index (χ0v) is 16.4. The van der Waals surface area contributed by atoms with Crippen molar-refractivity contribution in [3.63, 3.8) is 0 Å². The van der Waals surface area contributed by atoms with E-state index in [0.29, 0.717) is 12.3 Å².